The first-order valence-electron chi connectivity index (χ1n) is 6.95. The molecule has 2 rings (SSSR count). The van der Waals surface area contributed by atoms with Crippen molar-refractivity contribution in [1.82, 2.24) is 5.32 Å². The zero-order valence-electron chi connectivity index (χ0n) is 11.4. The summed E-state index contributed by atoms with van der Waals surface area (Å²) in [4.78, 5) is 1.49. The molecule has 1 heterocycles. The van der Waals surface area contributed by atoms with Crippen molar-refractivity contribution in [1.29, 1.82) is 0 Å². The maximum Gasteiger partial charge on any atom is 0.0385 e. The molecule has 0 amide bonds. The SMILES string of the molecule is CCNC(c1ccsc1C)C1(C)CCCCC1. The second-order valence-corrected chi connectivity index (χ2v) is 6.76. The van der Waals surface area contributed by atoms with E-state index in [2.05, 4.69) is 37.5 Å². The molecule has 1 aromatic heterocycles. The van der Waals surface area contributed by atoms with Gasteiger partial charge in [-0.2, -0.15) is 0 Å². The molecule has 0 aromatic carbocycles. The molecule has 1 atom stereocenters. The molecule has 1 saturated carbocycles. The lowest BCUT2D eigenvalue weighted by Gasteiger charge is -2.41. The Morgan fingerprint density at radius 1 is 1.35 bits per heavy atom. The summed E-state index contributed by atoms with van der Waals surface area (Å²) in [5.74, 6) is 0. The summed E-state index contributed by atoms with van der Waals surface area (Å²) in [6, 6.07) is 2.88. The number of rotatable bonds is 4. The van der Waals surface area contributed by atoms with Gasteiger partial charge < -0.3 is 5.32 Å². The minimum atomic E-state index is 0.458. The molecule has 2 heteroatoms. The molecule has 1 nitrogen and oxygen atoms in total. The number of hydrogen-bond donors (Lipinski definition) is 1. The Kier molecular flexibility index (Phi) is 4.26. The average molecular weight is 251 g/mol. The molecule has 1 aliphatic rings. The normalized spacial score (nSPS) is 21.4. The summed E-state index contributed by atoms with van der Waals surface area (Å²) in [6.07, 6.45) is 6.99. The molecule has 0 spiro atoms. The van der Waals surface area contributed by atoms with E-state index in [-0.39, 0.29) is 0 Å². The summed E-state index contributed by atoms with van der Waals surface area (Å²) in [6.45, 7) is 8.03. The molecule has 0 bridgehead atoms. The van der Waals surface area contributed by atoms with Gasteiger partial charge in [-0.3, -0.25) is 0 Å². The minimum Gasteiger partial charge on any atom is -0.310 e. The van der Waals surface area contributed by atoms with Crippen LogP contribution in [0.1, 0.15) is 62.4 Å². The summed E-state index contributed by atoms with van der Waals surface area (Å²) >= 11 is 1.88. The van der Waals surface area contributed by atoms with Crippen LogP contribution in [-0.4, -0.2) is 6.54 Å². The predicted molar refractivity (Wildman–Crippen MR) is 76.7 cm³/mol. The fraction of sp³-hybridized carbons (Fsp3) is 0.733. The summed E-state index contributed by atoms with van der Waals surface area (Å²) < 4.78 is 0. The molecule has 0 aliphatic heterocycles. The van der Waals surface area contributed by atoms with Gasteiger partial charge in [-0.1, -0.05) is 33.1 Å². The predicted octanol–water partition coefficient (Wildman–Crippen LogP) is 4.68. The van der Waals surface area contributed by atoms with E-state index in [1.54, 1.807) is 5.56 Å². The molecule has 1 aliphatic carbocycles. The van der Waals surface area contributed by atoms with Crippen LogP contribution in [-0.2, 0) is 0 Å². The third-order valence-corrected chi connectivity index (χ3v) is 5.17. The second-order valence-electron chi connectivity index (χ2n) is 5.64. The van der Waals surface area contributed by atoms with E-state index in [1.807, 2.05) is 11.3 Å². The summed E-state index contributed by atoms with van der Waals surface area (Å²) in [7, 11) is 0. The number of aryl methyl sites for hydroxylation is 1. The monoisotopic (exact) mass is 251 g/mol. The maximum atomic E-state index is 3.74. The summed E-state index contributed by atoms with van der Waals surface area (Å²) in [5.41, 5.74) is 2.00. The van der Waals surface area contributed by atoms with Crippen LogP contribution in [0, 0.1) is 12.3 Å². The lowest BCUT2D eigenvalue weighted by Crippen LogP contribution is -2.37. The van der Waals surface area contributed by atoms with Crippen molar-refractivity contribution in [2.45, 2.75) is 58.9 Å². The first-order chi connectivity index (χ1) is 8.17. The van der Waals surface area contributed by atoms with Gasteiger partial charge in [-0.25, -0.2) is 0 Å². The largest absolute Gasteiger partial charge is 0.310 e. The minimum absolute atomic E-state index is 0.458. The van der Waals surface area contributed by atoms with E-state index in [4.69, 9.17) is 0 Å². The van der Waals surface area contributed by atoms with Crippen LogP contribution in [0.3, 0.4) is 0 Å². The van der Waals surface area contributed by atoms with Crippen molar-refractivity contribution in [2.24, 2.45) is 5.41 Å². The Balaban J connectivity index is 2.25. The molecule has 1 N–H and O–H groups in total. The van der Waals surface area contributed by atoms with E-state index in [9.17, 15) is 0 Å². The molecular weight excluding hydrogens is 226 g/mol. The van der Waals surface area contributed by atoms with Gasteiger partial charge in [-0.05, 0) is 48.7 Å². The Labute approximate surface area is 110 Å². The zero-order valence-corrected chi connectivity index (χ0v) is 12.2. The van der Waals surface area contributed by atoms with Gasteiger partial charge in [0.05, 0.1) is 0 Å². The van der Waals surface area contributed by atoms with Crippen molar-refractivity contribution < 1.29 is 0 Å². The second kappa shape index (κ2) is 5.53. The molecule has 0 radical (unpaired) electrons. The molecular formula is C15H25NS. The van der Waals surface area contributed by atoms with Crippen LogP contribution in [0.2, 0.25) is 0 Å². The molecule has 1 unspecified atom stereocenters. The van der Waals surface area contributed by atoms with Crippen molar-refractivity contribution in [2.75, 3.05) is 6.54 Å². The van der Waals surface area contributed by atoms with Gasteiger partial charge in [0.1, 0.15) is 0 Å². The number of nitrogens with one attached hydrogen (secondary N) is 1. The quantitative estimate of drug-likeness (QED) is 0.819. The van der Waals surface area contributed by atoms with Crippen LogP contribution < -0.4 is 5.32 Å². The highest BCUT2D eigenvalue weighted by atomic mass is 32.1. The lowest BCUT2D eigenvalue weighted by molar-refractivity contribution is 0.146. The fourth-order valence-electron chi connectivity index (χ4n) is 3.28. The molecule has 1 fully saturated rings. The van der Waals surface area contributed by atoms with Crippen LogP contribution in [0.4, 0.5) is 0 Å². The van der Waals surface area contributed by atoms with Crippen molar-refractivity contribution in [3.05, 3.63) is 21.9 Å². The highest BCUT2D eigenvalue weighted by Gasteiger charge is 2.36. The van der Waals surface area contributed by atoms with E-state index in [0.717, 1.165) is 6.54 Å². The van der Waals surface area contributed by atoms with Crippen LogP contribution in [0.5, 0.6) is 0 Å². The standard InChI is InChI=1S/C15H25NS/c1-4-16-14(13-8-11-17-12(13)2)15(3)9-6-5-7-10-15/h8,11,14,16H,4-7,9-10H2,1-3H3. The highest BCUT2D eigenvalue weighted by molar-refractivity contribution is 7.10. The van der Waals surface area contributed by atoms with Crippen molar-refractivity contribution in [3.8, 4) is 0 Å². The van der Waals surface area contributed by atoms with Crippen LogP contribution in [0.25, 0.3) is 0 Å². The van der Waals surface area contributed by atoms with Gasteiger partial charge >= 0.3 is 0 Å². The van der Waals surface area contributed by atoms with Crippen LogP contribution >= 0.6 is 11.3 Å². The van der Waals surface area contributed by atoms with Crippen molar-refractivity contribution in [3.63, 3.8) is 0 Å². The van der Waals surface area contributed by atoms with Crippen molar-refractivity contribution >= 4 is 11.3 Å². The zero-order chi connectivity index (χ0) is 12.3. The Bertz CT molecular complexity index is 350. The van der Waals surface area contributed by atoms with Gasteiger partial charge in [0.15, 0.2) is 0 Å². The Hall–Kier alpha value is -0.340. The number of thiophene rings is 1. The van der Waals surface area contributed by atoms with E-state index >= 15 is 0 Å². The molecule has 17 heavy (non-hydrogen) atoms. The average Bonchev–Trinajstić information content (AvgIpc) is 2.73. The first kappa shape index (κ1) is 13.1. The van der Waals surface area contributed by atoms with E-state index in [1.165, 1.54) is 37.0 Å². The number of hydrogen-bond acceptors (Lipinski definition) is 2. The Morgan fingerprint density at radius 3 is 2.59 bits per heavy atom. The topological polar surface area (TPSA) is 12.0 Å². The molecule has 0 saturated heterocycles. The Morgan fingerprint density at radius 2 is 2.06 bits per heavy atom. The van der Waals surface area contributed by atoms with Gasteiger partial charge in [0.25, 0.3) is 0 Å². The molecule has 96 valence electrons. The first-order valence-corrected chi connectivity index (χ1v) is 7.83. The summed E-state index contributed by atoms with van der Waals surface area (Å²) in [5, 5.41) is 5.98. The molecule has 1 aromatic rings. The van der Waals surface area contributed by atoms with Gasteiger partial charge in [-0.15, -0.1) is 11.3 Å². The van der Waals surface area contributed by atoms with E-state index < -0.39 is 0 Å². The lowest BCUT2D eigenvalue weighted by atomic mass is 9.68. The third-order valence-electron chi connectivity index (χ3n) is 4.31. The van der Waals surface area contributed by atoms with Crippen LogP contribution in [0.15, 0.2) is 11.4 Å². The maximum absolute atomic E-state index is 3.74. The van der Waals surface area contributed by atoms with Gasteiger partial charge in [0.2, 0.25) is 0 Å². The van der Waals surface area contributed by atoms with E-state index in [0.29, 0.717) is 11.5 Å². The third kappa shape index (κ3) is 2.74. The highest BCUT2D eigenvalue weighted by Crippen LogP contribution is 2.46. The fourth-order valence-corrected chi connectivity index (χ4v) is 4.02. The van der Waals surface area contributed by atoms with Gasteiger partial charge in [0, 0.05) is 10.9 Å². The smallest absolute Gasteiger partial charge is 0.0385 e.